The second-order valence-corrected chi connectivity index (χ2v) is 9.42. The van der Waals surface area contributed by atoms with Crippen molar-refractivity contribution >= 4 is 23.1 Å². The highest BCUT2D eigenvalue weighted by Crippen LogP contribution is 2.45. The number of H-pyrrole nitrogens is 1. The standard InChI is InChI=1S/C28H29N7O2/c1-2-37-22-14-8-19(9-15-22)29-28(36)30-25-17-18(7-16-26(25)35(20-10-11-20)21-12-13-21)23-5-3-4-6-24(23)27-31-33-34-32-27/h3-9,14-17,20-21H,2,10-13H2,1H3,(H2,29,30,36)(H,31,32,33,34). The minimum Gasteiger partial charge on any atom is -0.494 e. The molecule has 0 spiro atoms. The summed E-state index contributed by atoms with van der Waals surface area (Å²) in [5, 5.41) is 20.7. The number of nitrogens with zero attached hydrogens (tertiary/aromatic N) is 4. The van der Waals surface area contributed by atoms with Gasteiger partial charge >= 0.3 is 6.03 Å². The van der Waals surface area contributed by atoms with E-state index in [1.807, 2.05) is 61.5 Å². The highest BCUT2D eigenvalue weighted by Gasteiger charge is 2.40. The van der Waals surface area contributed by atoms with Crippen LogP contribution >= 0.6 is 0 Å². The van der Waals surface area contributed by atoms with Crippen molar-refractivity contribution in [2.24, 2.45) is 0 Å². The minimum absolute atomic E-state index is 0.291. The number of aromatic nitrogens is 4. The van der Waals surface area contributed by atoms with Gasteiger partial charge in [-0.1, -0.05) is 30.3 Å². The zero-order chi connectivity index (χ0) is 25.2. The van der Waals surface area contributed by atoms with Crippen LogP contribution in [0.25, 0.3) is 22.5 Å². The van der Waals surface area contributed by atoms with Gasteiger partial charge in [0, 0.05) is 23.3 Å². The summed E-state index contributed by atoms with van der Waals surface area (Å²) in [4.78, 5) is 15.6. The van der Waals surface area contributed by atoms with E-state index in [9.17, 15) is 4.79 Å². The molecule has 2 fully saturated rings. The van der Waals surface area contributed by atoms with Gasteiger partial charge in [-0.15, -0.1) is 10.2 Å². The molecule has 188 valence electrons. The molecule has 2 saturated carbocycles. The molecular formula is C28H29N7O2. The van der Waals surface area contributed by atoms with E-state index in [4.69, 9.17) is 4.74 Å². The van der Waals surface area contributed by atoms with Crippen molar-refractivity contribution in [3.8, 4) is 28.3 Å². The molecule has 1 aromatic heterocycles. The maximum atomic E-state index is 13.1. The fourth-order valence-corrected chi connectivity index (χ4v) is 4.72. The fourth-order valence-electron chi connectivity index (χ4n) is 4.72. The van der Waals surface area contributed by atoms with Gasteiger partial charge in [-0.2, -0.15) is 5.21 Å². The van der Waals surface area contributed by atoms with Crippen molar-refractivity contribution < 1.29 is 9.53 Å². The molecule has 3 aromatic carbocycles. The molecule has 6 rings (SSSR count). The summed E-state index contributed by atoms with van der Waals surface area (Å²) in [5.41, 5.74) is 5.34. The average molecular weight is 496 g/mol. The lowest BCUT2D eigenvalue weighted by atomic mass is 9.98. The van der Waals surface area contributed by atoms with Crippen LogP contribution in [-0.2, 0) is 0 Å². The molecule has 2 aliphatic rings. The maximum Gasteiger partial charge on any atom is 0.323 e. The summed E-state index contributed by atoms with van der Waals surface area (Å²) in [6.45, 7) is 2.54. The molecule has 0 aliphatic heterocycles. The number of amides is 2. The van der Waals surface area contributed by atoms with Crippen molar-refractivity contribution in [3.63, 3.8) is 0 Å². The molecule has 3 N–H and O–H groups in total. The van der Waals surface area contributed by atoms with E-state index in [0.29, 0.717) is 30.2 Å². The number of anilines is 3. The van der Waals surface area contributed by atoms with Crippen LogP contribution in [0.3, 0.4) is 0 Å². The SMILES string of the molecule is CCOc1ccc(NC(=O)Nc2cc(-c3ccccc3-c3nn[nH]n3)ccc2N(C2CC2)C2CC2)cc1. The lowest BCUT2D eigenvalue weighted by molar-refractivity contribution is 0.262. The van der Waals surface area contributed by atoms with E-state index in [2.05, 4.69) is 48.3 Å². The molecule has 0 atom stereocenters. The normalized spacial score (nSPS) is 14.7. The van der Waals surface area contributed by atoms with Crippen molar-refractivity contribution in [3.05, 3.63) is 66.7 Å². The molecule has 0 radical (unpaired) electrons. The highest BCUT2D eigenvalue weighted by molar-refractivity contribution is 6.03. The number of hydrogen-bond acceptors (Lipinski definition) is 6. The number of benzene rings is 3. The quantitative estimate of drug-likeness (QED) is 0.275. The van der Waals surface area contributed by atoms with Gasteiger partial charge in [0.15, 0.2) is 0 Å². The number of tetrazole rings is 1. The van der Waals surface area contributed by atoms with Crippen LogP contribution in [0.4, 0.5) is 21.9 Å². The van der Waals surface area contributed by atoms with E-state index in [1.165, 1.54) is 25.7 Å². The Morgan fingerprint density at radius 3 is 2.35 bits per heavy atom. The van der Waals surface area contributed by atoms with Gasteiger partial charge in [0.05, 0.1) is 18.0 Å². The first kappa shape index (κ1) is 23.0. The number of carbonyl (C=O) groups is 1. The number of urea groups is 1. The Labute approximate surface area is 215 Å². The Hall–Kier alpha value is -4.40. The maximum absolute atomic E-state index is 13.1. The van der Waals surface area contributed by atoms with Crippen LogP contribution in [0.15, 0.2) is 66.7 Å². The van der Waals surface area contributed by atoms with E-state index in [-0.39, 0.29) is 6.03 Å². The predicted octanol–water partition coefficient (Wildman–Crippen LogP) is 5.71. The molecule has 9 nitrogen and oxygen atoms in total. The first-order valence-corrected chi connectivity index (χ1v) is 12.8. The van der Waals surface area contributed by atoms with Gasteiger partial charge in [0.25, 0.3) is 0 Å². The van der Waals surface area contributed by atoms with Crippen molar-refractivity contribution in [2.75, 3.05) is 22.1 Å². The Balaban J connectivity index is 1.32. The van der Waals surface area contributed by atoms with E-state index in [1.54, 1.807) is 0 Å². The molecule has 1 heterocycles. The zero-order valence-electron chi connectivity index (χ0n) is 20.6. The lowest BCUT2D eigenvalue weighted by Crippen LogP contribution is -2.30. The molecule has 0 unspecified atom stereocenters. The summed E-state index contributed by atoms with van der Waals surface area (Å²) in [6.07, 6.45) is 4.76. The van der Waals surface area contributed by atoms with Crippen LogP contribution in [0.5, 0.6) is 5.75 Å². The van der Waals surface area contributed by atoms with Crippen LogP contribution in [0, 0.1) is 0 Å². The number of rotatable bonds is 9. The number of ether oxygens (including phenoxy) is 1. The third-order valence-electron chi connectivity index (χ3n) is 6.65. The summed E-state index contributed by atoms with van der Waals surface area (Å²) in [6, 6.07) is 22.4. The predicted molar refractivity (Wildman–Crippen MR) is 144 cm³/mol. The lowest BCUT2D eigenvalue weighted by Gasteiger charge is -2.28. The second kappa shape index (κ2) is 9.93. The molecule has 0 bridgehead atoms. The third-order valence-corrected chi connectivity index (χ3v) is 6.65. The monoisotopic (exact) mass is 495 g/mol. The van der Waals surface area contributed by atoms with Crippen LogP contribution < -0.4 is 20.3 Å². The summed E-state index contributed by atoms with van der Waals surface area (Å²) in [7, 11) is 0. The Kier molecular flexibility index (Phi) is 6.18. The van der Waals surface area contributed by atoms with Crippen molar-refractivity contribution in [1.29, 1.82) is 0 Å². The Bertz CT molecular complexity index is 1370. The van der Waals surface area contributed by atoms with Crippen molar-refractivity contribution in [2.45, 2.75) is 44.7 Å². The Morgan fingerprint density at radius 2 is 1.70 bits per heavy atom. The first-order valence-electron chi connectivity index (χ1n) is 12.8. The van der Waals surface area contributed by atoms with E-state index >= 15 is 0 Å². The van der Waals surface area contributed by atoms with E-state index in [0.717, 1.165) is 33.8 Å². The molecular weight excluding hydrogens is 466 g/mol. The highest BCUT2D eigenvalue weighted by atomic mass is 16.5. The zero-order valence-corrected chi connectivity index (χ0v) is 20.6. The van der Waals surface area contributed by atoms with Gasteiger partial charge in [-0.05, 0) is 85.3 Å². The summed E-state index contributed by atoms with van der Waals surface area (Å²) < 4.78 is 5.50. The largest absolute Gasteiger partial charge is 0.494 e. The number of carbonyl (C=O) groups excluding carboxylic acids is 1. The summed E-state index contributed by atoms with van der Waals surface area (Å²) >= 11 is 0. The molecule has 37 heavy (non-hydrogen) atoms. The minimum atomic E-state index is -0.291. The number of nitrogens with one attached hydrogen (secondary N) is 3. The third kappa shape index (κ3) is 5.11. The topological polar surface area (TPSA) is 108 Å². The fraction of sp³-hybridized carbons (Fsp3) is 0.286. The van der Waals surface area contributed by atoms with Gasteiger partial charge in [-0.3, -0.25) is 0 Å². The van der Waals surface area contributed by atoms with Crippen LogP contribution in [0.2, 0.25) is 0 Å². The van der Waals surface area contributed by atoms with Crippen molar-refractivity contribution in [1.82, 2.24) is 20.6 Å². The molecule has 2 aliphatic carbocycles. The van der Waals surface area contributed by atoms with Gasteiger partial charge in [-0.25, -0.2) is 4.79 Å². The Morgan fingerprint density at radius 1 is 0.973 bits per heavy atom. The average Bonchev–Trinajstić information content (AvgIpc) is 3.86. The molecule has 9 heteroatoms. The molecule has 2 amide bonds. The first-order chi connectivity index (χ1) is 18.2. The van der Waals surface area contributed by atoms with Gasteiger partial charge < -0.3 is 20.3 Å². The number of aromatic amines is 1. The second-order valence-electron chi connectivity index (χ2n) is 9.42. The number of hydrogen-bond donors (Lipinski definition) is 3. The van der Waals surface area contributed by atoms with Crippen LogP contribution in [-0.4, -0.2) is 45.3 Å². The smallest absolute Gasteiger partial charge is 0.323 e. The van der Waals surface area contributed by atoms with Gasteiger partial charge in [0.1, 0.15) is 5.75 Å². The van der Waals surface area contributed by atoms with E-state index < -0.39 is 0 Å². The van der Waals surface area contributed by atoms with Crippen LogP contribution in [0.1, 0.15) is 32.6 Å². The summed E-state index contributed by atoms with van der Waals surface area (Å²) in [5.74, 6) is 1.30. The molecule has 0 saturated heterocycles. The van der Waals surface area contributed by atoms with Gasteiger partial charge in [0.2, 0.25) is 5.82 Å². The molecule has 4 aromatic rings.